The zero-order valence-corrected chi connectivity index (χ0v) is 17.3. The zero-order chi connectivity index (χ0) is 21.9. The molecule has 8 heteroatoms. The average molecular weight is 425 g/mol. The van der Waals surface area contributed by atoms with Crippen LogP contribution < -0.4 is 10.7 Å². The number of fused-ring (bicyclic) bond motifs is 3. The maximum absolute atomic E-state index is 14.1. The first-order valence-corrected chi connectivity index (χ1v) is 10.6. The van der Waals surface area contributed by atoms with Crippen molar-refractivity contribution in [3.05, 3.63) is 62.8 Å². The highest BCUT2D eigenvalue weighted by molar-refractivity contribution is 5.99. The van der Waals surface area contributed by atoms with Crippen molar-refractivity contribution in [1.29, 1.82) is 0 Å². The van der Waals surface area contributed by atoms with Crippen LogP contribution in [0.3, 0.4) is 0 Å². The van der Waals surface area contributed by atoms with Crippen molar-refractivity contribution in [2.24, 2.45) is 5.92 Å². The monoisotopic (exact) mass is 425 g/mol. The van der Waals surface area contributed by atoms with Gasteiger partial charge in [-0.1, -0.05) is 12.1 Å². The number of aryl methyl sites for hydroxylation is 1. The van der Waals surface area contributed by atoms with Gasteiger partial charge in [0.05, 0.1) is 5.54 Å². The molecule has 0 atom stereocenters. The lowest BCUT2D eigenvalue weighted by Gasteiger charge is -2.57. The second-order valence-corrected chi connectivity index (χ2v) is 9.06. The molecular weight excluding hydrogens is 401 g/mol. The average Bonchev–Trinajstić information content (AvgIpc) is 2.75. The quantitative estimate of drug-likeness (QED) is 0.790. The van der Waals surface area contributed by atoms with Crippen LogP contribution in [0.25, 0.3) is 0 Å². The van der Waals surface area contributed by atoms with Crippen molar-refractivity contribution in [2.75, 3.05) is 6.54 Å². The minimum absolute atomic E-state index is 0.0516. The molecule has 2 saturated heterocycles. The molecular formula is C23H24FN3O4. The molecule has 4 aliphatic rings. The number of piperidine rings is 2. The van der Waals surface area contributed by atoms with Crippen LogP contribution >= 0.6 is 0 Å². The van der Waals surface area contributed by atoms with Crippen molar-refractivity contribution in [2.45, 2.75) is 51.2 Å². The van der Waals surface area contributed by atoms with E-state index in [0.29, 0.717) is 24.6 Å². The first-order chi connectivity index (χ1) is 14.8. The van der Waals surface area contributed by atoms with Crippen LogP contribution in [0, 0.1) is 18.7 Å². The Hall–Kier alpha value is -3.16. The second-order valence-electron chi connectivity index (χ2n) is 9.06. The largest absolute Gasteiger partial charge is 0.503 e. The number of nitrogens with zero attached hydrogens (tertiary/aromatic N) is 2. The zero-order valence-electron chi connectivity index (χ0n) is 17.3. The van der Waals surface area contributed by atoms with Gasteiger partial charge >= 0.3 is 0 Å². The number of aromatic hydroxyl groups is 1. The molecule has 2 bridgehead atoms. The third-order valence-corrected chi connectivity index (χ3v) is 7.11. The third kappa shape index (κ3) is 3.04. The predicted molar refractivity (Wildman–Crippen MR) is 110 cm³/mol. The van der Waals surface area contributed by atoms with E-state index in [0.717, 1.165) is 31.2 Å². The van der Waals surface area contributed by atoms with Gasteiger partial charge < -0.3 is 19.9 Å². The molecule has 1 aromatic heterocycles. The van der Waals surface area contributed by atoms with Gasteiger partial charge in [-0.2, -0.15) is 0 Å². The Morgan fingerprint density at radius 3 is 2.74 bits per heavy atom. The van der Waals surface area contributed by atoms with Crippen LogP contribution in [0.4, 0.5) is 4.39 Å². The second kappa shape index (κ2) is 6.93. The number of carbonyl (C=O) groups is 2. The molecule has 1 saturated carbocycles. The number of benzene rings is 1. The van der Waals surface area contributed by atoms with E-state index in [2.05, 4.69) is 5.32 Å². The van der Waals surface area contributed by atoms with Gasteiger partial charge in [0, 0.05) is 31.4 Å². The summed E-state index contributed by atoms with van der Waals surface area (Å²) >= 11 is 0. The van der Waals surface area contributed by atoms with E-state index < -0.39 is 22.9 Å². The molecule has 1 aliphatic carbocycles. The molecule has 1 spiro atoms. The molecule has 3 aliphatic heterocycles. The number of amides is 2. The third-order valence-electron chi connectivity index (χ3n) is 7.11. The maximum atomic E-state index is 14.1. The number of halogens is 1. The van der Waals surface area contributed by atoms with E-state index in [-0.39, 0.29) is 29.2 Å². The Bertz CT molecular complexity index is 1160. The Morgan fingerprint density at radius 1 is 1.29 bits per heavy atom. The molecule has 0 unspecified atom stereocenters. The van der Waals surface area contributed by atoms with Crippen LogP contribution in [-0.4, -0.2) is 38.5 Å². The van der Waals surface area contributed by atoms with Crippen LogP contribution in [0.5, 0.6) is 5.75 Å². The lowest BCUT2D eigenvalue weighted by atomic mass is 9.69. The fraction of sp³-hybridized carbons (Fsp3) is 0.435. The smallest absolute Gasteiger partial charge is 0.275 e. The van der Waals surface area contributed by atoms with Gasteiger partial charge in [0.15, 0.2) is 11.4 Å². The molecule has 31 heavy (non-hydrogen) atoms. The normalized spacial score (nSPS) is 24.0. The molecule has 1 aromatic carbocycles. The van der Waals surface area contributed by atoms with Gasteiger partial charge in [-0.05, 0) is 50.2 Å². The molecule has 0 radical (unpaired) electrons. The standard InChI is InChI=1S/C23H24FN3O4/c1-13-2-3-15(17(24)8-13)9-25-21(30)16-11-26-12-23-6-4-14(5-7-23)10-27(23)22(31)18(26)20(29)19(16)28/h2-3,8,11,14,29H,4-7,9-10,12H2,1H3,(H,25,30)/t14-,23+. The highest BCUT2D eigenvalue weighted by Crippen LogP contribution is 2.47. The maximum Gasteiger partial charge on any atom is 0.275 e. The van der Waals surface area contributed by atoms with Gasteiger partial charge in [0.25, 0.3) is 11.8 Å². The highest BCUT2D eigenvalue weighted by Gasteiger charge is 2.52. The fourth-order valence-corrected chi connectivity index (χ4v) is 5.33. The summed E-state index contributed by atoms with van der Waals surface area (Å²) in [5, 5.41) is 13.1. The lowest BCUT2D eigenvalue weighted by Crippen LogP contribution is -2.65. The fourth-order valence-electron chi connectivity index (χ4n) is 5.33. The van der Waals surface area contributed by atoms with Crippen molar-refractivity contribution in [3.63, 3.8) is 0 Å². The number of aromatic nitrogens is 1. The lowest BCUT2D eigenvalue weighted by molar-refractivity contribution is -0.0389. The topological polar surface area (TPSA) is 91.6 Å². The summed E-state index contributed by atoms with van der Waals surface area (Å²) in [6.07, 6.45) is 5.23. The summed E-state index contributed by atoms with van der Waals surface area (Å²) in [6.45, 7) is 2.77. The molecule has 2 N–H and O–H groups in total. The molecule has 162 valence electrons. The predicted octanol–water partition coefficient (Wildman–Crippen LogP) is 2.33. The number of hydrogen-bond acceptors (Lipinski definition) is 4. The van der Waals surface area contributed by atoms with E-state index in [9.17, 15) is 23.9 Å². The molecule has 3 fully saturated rings. The number of carbonyl (C=O) groups excluding carboxylic acids is 2. The molecule has 2 amide bonds. The van der Waals surface area contributed by atoms with Crippen molar-refractivity contribution < 1.29 is 19.1 Å². The highest BCUT2D eigenvalue weighted by atomic mass is 19.1. The van der Waals surface area contributed by atoms with Crippen LogP contribution in [0.15, 0.2) is 29.2 Å². The van der Waals surface area contributed by atoms with E-state index in [1.54, 1.807) is 23.6 Å². The van der Waals surface area contributed by atoms with Gasteiger partial charge in [-0.15, -0.1) is 0 Å². The van der Waals surface area contributed by atoms with Crippen LogP contribution in [-0.2, 0) is 13.1 Å². The van der Waals surface area contributed by atoms with E-state index in [1.165, 1.54) is 12.3 Å². The SMILES string of the molecule is Cc1ccc(CNC(=O)c2cn3c(c(O)c2=O)C(=O)N2C[C@H]4CC[C@@]2(CC4)C3)c(F)c1. The Balaban J connectivity index is 1.46. The molecule has 6 rings (SSSR count). The summed E-state index contributed by atoms with van der Waals surface area (Å²) in [5.74, 6) is -1.73. The van der Waals surface area contributed by atoms with E-state index >= 15 is 0 Å². The molecule has 2 aromatic rings. The molecule has 4 heterocycles. The number of pyridine rings is 1. The Labute approximate surface area is 178 Å². The van der Waals surface area contributed by atoms with Crippen LogP contribution in [0.1, 0.15) is 57.7 Å². The van der Waals surface area contributed by atoms with Crippen molar-refractivity contribution >= 4 is 11.8 Å². The van der Waals surface area contributed by atoms with Gasteiger partial charge in [0.1, 0.15) is 11.4 Å². The van der Waals surface area contributed by atoms with Gasteiger partial charge in [0.2, 0.25) is 5.43 Å². The number of nitrogens with one attached hydrogen (secondary N) is 1. The Kier molecular flexibility index (Phi) is 4.42. The number of rotatable bonds is 3. The minimum Gasteiger partial charge on any atom is -0.503 e. The van der Waals surface area contributed by atoms with Gasteiger partial charge in [-0.3, -0.25) is 14.4 Å². The first kappa shape index (κ1) is 19.8. The number of hydrogen-bond donors (Lipinski definition) is 2. The Morgan fingerprint density at radius 2 is 2.03 bits per heavy atom. The van der Waals surface area contributed by atoms with E-state index in [1.807, 2.05) is 4.90 Å². The summed E-state index contributed by atoms with van der Waals surface area (Å²) in [4.78, 5) is 40.4. The van der Waals surface area contributed by atoms with Crippen molar-refractivity contribution in [3.8, 4) is 5.75 Å². The van der Waals surface area contributed by atoms with Gasteiger partial charge in [-0.25, -0.2) is 4.39 Å². The van der Waals surface area contributed by atoms with Crippen LogP contribution in [0.2, 0.25) is 0 Å². The summed E-state index contributed by atoms with van der Waals surface area (Å²) in [5.41, 5.74) is -0.455. The minimum atomic E-state index is -0.889. The summed E-state index contributed by atoms with van der Waals surface area (Å²) in [6, 6.07) is 4.68. The summed E-state index contributed by atoms with van der Waals surface area (Å²) < 4.78 is 15.6. The first-order valence-electron chi connectivity index (χ1n) is 10.6. The van der Waals surface area contributed by atoms with E-state index in [4.69, 9.17) is 0 Å². The summed E-state index contributed by atoms with van der Waals surface area (Å²) in [7, 11) is 0. The molecule has 7 nitrogen and oxygen atoms in total. The van der Waals surface area contributed by atoms with Crippen molar-refractivity contribution in [1.82, 2.24) is 14.8 Å².